The lowest BCUT2D eigenvalue weighted by molar-refractivity contribution is 1.32. The number of anilines is 2. The van der Waals surface area contributed by atoms with E-state index in [-0.39, 0.29) is 0 Å². The minimum absolute atomic E-state index is 0.642. The Morgan fingerprint density at radius 2 is 2.00 bits per heavy atom. The number of nitriles is 1. The Labute approximate surface area is 88.0 Å². The molecule has 1 aromatic heterocycles. The van der Waals surface area contributed by atoms with Crippen LogP contribution < -0.4 is 5.32 Å². The summed E-state index contributed by atoms with van der Waals surface area (Å²) < 4.78 is 0. The van der Waals surface area contributed by atoms with Crippen molar-refractivity contribution in [2.75, 3.05) is 5.32 Å². The largest absolute Gasteiger partial charge is 0.354 e. The van der Waals surface area contributed by atoms with Gasteiger partial charge in [-0.2, -0.15) is 5.26 Å². The lowest BCUT2D eigenvalue weighted by Crippen LogP contribution is -1.90. The Hall–Kier alpha value is -2.34. The molecular weight excluding hydrogens is 186 g/mol. The van der Waals surface area contributed by atoms with Crippen LogP contribution in [0.2, 0.25) is 0 Å². The highest BCUT2D eigenvalue weighted by molar-refractivity contribution is 5.60. The molecule has 1 aromatic carbocycles. The Balaban J connectivity index is 2.22. The van der Waals surface area contributed by atoms with Crippen LogP contribution in [0.5, 0.6) is 0 Å². The molecule has 1 N–H and O–H groups in total. The van der Waals surface area contributed by atoms with Gasteiger partial charge in [-0.15, -0.1) is 0 Å². The van der Waals surface area contributed by atoms with Crippen LogP contribution >= 0.6 is 0 Å². The number of benzene rings is 1. The summed E-state index contributed by atoms with van der Waals surface area (Å²) in [5.74, 6) is 0. The van der Waals surface area contributed by atoms with Gasteiger partial charge in [-0.1, -0.05) is 6.07 Å². The second-order valence-corrected chi connectivity index (χ2v) is 3.06. The van der Waals surface area contributed by atoms with Gasteiger partial charge in [0.2, 0.25) is 0 Å². The number of nitrogens with one attached hydrogen (secondary N) is 1. The molecule has 0 bridgehead atoms. The Morgan fingerprint density at radius 1 is 1.13 bits per heavy atom. The van der Waals surface area contributed by atoms with Gasteiger partial charge in [-0.3, -0.25) is 4.98 Å². The first-order valence-corrected chi connectivity index (χ1v) is 4.56. The SMILES string of the molecule is N#Cc1cccc(Nc2cccnc2)c1. The van der Waals surface area contributed by atoms with E-state index in [1.54, 1.807) is 24.5 Å². The quantitative estimate of drug-likeness (QED) is 0.801. The van der Waals surface area contributed by atoms with E-state index in [9.17, 15) is 0 Å². The van der Waals surface area contributed by atoms with Gasteiger partial charge < -0.3 is 5.32 Å². The molecule has 0 atom stereocenters. The van der Waals surface area contributed by atoms with Crippen molar-refractivity contribution in [2.45, 2.75) is 0 Å². The highest BCUT2D eigenvalue weighted by Gasteiger charge is 1.95. The number of aromatic nitrogens is 1. The molecular formula is C12H9N3. The van der Waals surface area contributed by atoms with Crippen molar-refractivity contribution in [2.24, 2.45) is 0 Å². The molecule has 15 heavy (non-hydrogen) atoms. The minimum Gasteiger partial charge on any atom is -0.354 e. The zero-order chi connectivity index (χ0) is 10.5. The van der Waals surface area contributed by atoms with Crippen LogP contribution in [0.1, 0.15) is 5.56 Å². The van der Waals surface area contributed by atoms with E-state index >= 15 is 0 Å². The van der Waals surface area contributed by atoms with Gasteiger partial charge in [-0.05, 0) is 30.3 Å². The zero-order valence-corrected chi connectivity index (χ0v) is 8.01. The molecule has 0 spiro atoms. The van der Waals surface area contributed by atoms with Crippen molar-refractivity contribution < 1.29 is 0 Å². The Kier molecular flexibility index (Phi) is 2.61. The minimum atomic E-state index is 0.642. The van der Waals surface area contributed by atoms with Crippen molar-refractivity contribution in [1.82, 2.24) is 4.98 Å². The summed E-state index contributed by atoms with van der Waals surface area (Å²) in [5, 5.41) is 11.9. The molecule has 3 nitrogen and oxygen atoms in total. The third-order valence-electron chi connectivity index (χ3n) is 1.94. The third-order valence-corrected chi connectivity index (χ3v) is 1.94. The van der Waals surface area contributed by atoms with Gasteiger partial charge >= 0.3 is 0 Å². The molecule has 0 saturated heterocycles. The molecule has 0 radical (unpaired) electrons. The predicted octanol–water partition coefficient (Wildman–Crippen LogP) is 2.70. The maximum absolute atomic E-state index is 8.74. The first-order valence-electron chi connectivity index (χ1n) is 4.56. The van der Waals surface area contributed by atoms with Crippen molar-refractivity contribution >= 4 is 11.4 Å². The fourth-order valence-corrected chi connectivity index (χ4v) is 1.27. The van der Waals surface area contributed by atoms with Crippen molar-refractivity contribution in [3.8, 4) is 6.07 Å². The van der Waals surface area contributed by atoms with E-state index in [4.69, 9.17) is 5.26 Å². The number of pyridine rings is 1. The molecule has 0 amide bonds. The van der Waals surface area contributed by atoms with Crippen molar-refractivity contribution in [3.05, 3.63) is 54.4 Å². The molecule has 1 heterocycles. The molecule has 2 aromatic rings. The summed E-state index contributed by atoms with van der Waals surface area (Å²) in [4.78, 5) is 4.00. The van der Waals surface area contributed by atoms with Crippen LogP contribution in [-0.2, 0) is 0 Å². The van der Waals surface area contributed by atoms with Crippen LogP contribution in [-0.4, -0.2) is 4.98 Å². The van der Waals surface area contributed by atoms with E-state index in [2.05, 4.69) is 16.4 Å². The second-order valence-electron chi connectivity index (χ2n) is 3.06. The molecule has 0 unspecified atom stereocenters. The molecule has 2 rings (SSSR count). The summed E-state index contributed by atoms with van der Waals surface area (Å²) in [6.45, 7) is 0. The first kappa shape index (κ1) is 9.22. The summed E-state index contributed by atoms with van der Waals surface area (Å²) in [7, 11) is 0. The van der Waals surface area contributed by atoms with Crippen LogP contribution in [0.4, 0.5) is 11.4 Å². The average Bonchev–Trinajstić information content (AvgIpc) is 2.31. The van der Waals surface area contributed by atoms with E-state index in [1.165, 1.54) is 0 Å². The number of hydrogen-bond donors (Lipinski definition) is 1. The van der Waals surface area contributed by atoms with Gasteiger partial charge in [0.25, 0.3) is 0 Å². The lowest BCUT2D eigenvalue weighted by atomic mass is 10.2. The summed E-state index contributed by atoms with van der Waals surface area (Å²) in [6.07, 6.45) is 3.45. The van der Waals surface area contributed by atoms with E-state index < -0.39 is 0 Å². The topological polar surface area (TPSA) is 48.7 Å². The Bertz CT molecular complexity index is 486. The molecule has 0 fully saturated rings. The average molecular weight is 195 g/mol. The number of hydrogen-bond acceptors (Lipinski definition) is 3. The van der Waals surface area contributed by atoms with Gasteiger partial charge in [0.05, 0.1) is 23.5 Å². The summed E-state index contributed by atoms with van der Waals surface area (Å²) in [5.41, 5.74) is 2.44. The standard InChI is InChI=1S/C12H9N3/c13-8-10-3-1-4-11(7-10)15-12-5-2-6-14-9-12/h1-7,9,15H. The van der Waals surface area contributed by atoms with Crippen LogP contribution in [0.25, 0.3) is 0 Å². The van der Waals surface area contributed by atoms with Crippen LogP contribution in [0, 0.1) is 11.3 Å². The maximum atomic E-state index is 8.74. The molecule has 0 aliphatic rings. The summed E-state index contributed by atoms with van der Waals surface area (Å²) in [6, 6.07) is 13.2. The summed E-state index contributed by atoms with van der Waals surface area (Å²) >= 11 is 0. The monoisotopic (exact) mass is 195 g/mol. The second kappa shape index (κ2) is 4.25. The fourth-order valence-electron chi connectivity index (χ4n) is 1.27. The van der Waals surface area contributed by atoms with Gasteiger partial charge in [0.15, 0.2) is 0 Å². The van der Waals surface area contributed by atoms with Crippen LogP contribution in [0.3, 0.4) is 0 Å². The van der Waals surface area contributed by atoms with E-state index in [0.29, 0.717) is 5.56 Å². The smallest absolute Gasteiger partial charge is 0.0992 e. The molecule has 72 valence electrons. The van der Waals surface area contributed by atoms with Crippen molar-refractivity contribution in [1.29, 1.82) is 5.26 Å². The third kappa shape index (κ3) is 2.32. The maximum Gasteiger partial charge on any atom is 0.0992 e. The molecule has 3 heteroatoms. The molecule has 0 aliphatic carbocycles. The number of nitrogens with zero attached hydrogens (tertiary/aromatic N) is 2. The highest BCUT2D eigenvalue weighted by Crippen LogP contribution is 2.15. The van der Waals surface area contributed by atoms with Crippen molar-refractivity contribution in [3.63, 3.8) is 0 Å². The zero-order valence-electron chi connectivity index (χ0n) is 8.01. The van der Waals surface area contributed by atoms with Gasteiger partial charge in [0.1, 0.15) is 0 Å². The van der Waals surface area contributed by atoms with Crippen LogP contribution in [0.15, 0.2) is 48.8 Å². The van der Waals surface area contributed by atoms with Gasteiger partial charge in [0, 0.05) is 11.9 Å². The van der Waals surface area contributed by atoms with Gasteiger partial charge in [-0.25, -0.2) is 0 Å². The molecule has 0 aliphatic heterocycles. The molecule has 0 saturated carbocycles. The Morgan fingerprint density at radius 3 is 2.73 bits per heavy atom. The lowest BCUT2D eigenvalue weighted by Gasteiger charge is -2.05. The predicted molar refractivity (Wildman–Crippen MR) is 58.7 cm³/mol. The first-order chi connectivity index (χ1) is 7.38. The van der Waals surface area contributed by atoms with E-state index in [0.717, 1.165) is 11.4 Å². The normalized spacial score (nSPS) is 9.27. The fraction of sp³-hybridized carbons (Fsp3) is 0. The number of rotatable bonds is 2. The van der Waals surface area contributed by atoms with E-state index in [1.807, 2.05) is 24.3 Å². The highest BCUT2D eigenvalue weighted by atomic mass is 14.9.